The average molecular weight is 455 g/mol. The van der Waals surface area contributed by atoms with Gasteiger partial charge in [0.15, 0.2) is 5.96 Å². The molecule has 0 aromatic heterocycles. The molecule has 0 spiro atoms. The number of rotatable bonds is 6. The summed E-state index contributed by atoms with van der Waals surface area (Å²) in [7, 11) is 0. The summed E-state index contributed by atoms with van der Waals surface area (Å²) in [4.78, 5) is 18.6. The van der Waals surface area contributed by atoms with Crippen molar-refractivity contribution in [2.45, 2.75) is 46.2 Å². The number of guanidine groups is 1. The van der Waals surface area contributed by atoms with Gasteiger partial charge >= 0.3 is 0 Å². The van der Waals surface area contributed by atoms with E-state index < -0.39 is 0 Å². The number of nitrogens with zero attached hydrogens (tertiary/aromatic N) is 2. The second kappa shape index (κ2) is 11.9. The Bertz CT molecular complexity index is 392. The Kier molecular flexibility index (Phi) is 11.6. The van der Waals surface area contributed by atoms with Gasteiger partial charge in [0.05, 0.1) is 13.2 Å². The molecule has 1 saturated heterocycles. The molecule has 142 valence electrons. The van der Waals surface area contributed by atoms with E-state index in [1.807, 2.05) is 27.7 Å². The van der Waals surface area contributed by atoms with Crippen LogP contribution in [0.3, 0.4) is 0 Å². The van der Waals surface area contributed by atoms with Gasteiger partial charge in [-0.3, -0.25) is 9.69 Å². The molecule has 0 radical (unpaired) electrons. The third kappa shape index (κ3) is 10.3. The van der Waals surface area contributed by atoms with Crippen molar-refractivity contribution in [2.75, 3.05) is 45.9 Å². The molecule has 0 saturated carbocycles. The molecule has 0 aromatic rings. The topological polar surface area (TPSA) is 78.0 Å². The highest BCUT2D eigenvalue weighted by molar-refractivity contribution is 14.0. The number of morpholine rings is 1. The summed E-state index contributed by atoms with van der Waals surface area (Å²) in [5, 5.41) is 9.40. The van der Waals surface area contributed by atoms with E-state index in [1.165, 1.54) is 0 Å². The molecule has 1 aliphatic rings. The van der Waals surface area contributed by atoms with Crippen LogP contribution in [0, 0.1) is 0 Å². The maximum atomic E-state index is 11.9. The highest BCUT2D eigenvalue weighted by Crippen LogP contribution is 2.02. The van der Waals surface area contributed by atoms with Crippen LogP contribution in [-0.4, -0.2) is 74.3 Å². The molecule has 1 rings (SSSR count). The fourth-order valence-electron chi connectivity index (χ4n) is 2.34. The first kappa shape index (κ1) is 23.4. The van der Waals surface area contributed by atoms with Crippen molar-refractivity contribution in [3.05, 3.63) is 0 Å². The predicted molar refractivity (Wildman–Crippen MR) is 109 cm³/mol. The number of amides is 1. The molecule has 0 aromatic carbocycles. The highest BCUT2D eigenvalue weighted by atomic mass is 127. The zero-order chi connectivity index (χ0) is 17.3. The van der Waals surface area contributed by atoms with E-state index in [4.69, 9.17) is 4.74 Å². The summed E-state index contributed by atoms with van der Waals surface area (Å²) in [6.07, 6.45) is 0. The summed E-state index contributed by atoms with van der Waals surface area (Å²) in [6, 6.07) is 0.395. The van der Waals surface area contributed by atoms with E-state index in [0.29, 0.717) is 12.0 Å². The molecule has 8 heteroatoms. The molecule has 1 heterocycles. The van der Waals surface area contributed by atoms with Crippen molar-refractivity contribution in [3.8, 4) is 0 Å². The molecule has 0 bridgehead atoms. The summed E-state index contributed by atoms with van der Waals surface area (Å²) >= 11 is 0. The van der Waals surface area contributed by atoms with Crippen molar-refractivity contribution in [2.24, 2.45) is 4.99 Å². The van der Waals surface area contributed by atoms with Crippen LogP contribution in [0.4, 0.5) is 0 Å². The predicted octanol–water partition coefficient (Wildman–Crippen LogP) is 0.795. The number of hydrogen-bond donors (Lipinski definition) is 3. The highest BCUT2D eigenvalue weighted by Gasteiger charge is 2.17. The monoisotopic (exact) mass is 455 g/mol. The summed E-state index contributed by atoms with van der Waals surface area (Å²) in [5.41, 5.74) is -0.233. The zero-order valence-corrected chi connectivity index (χ0v) is 18.0. The average Bonchev–Trinajstić information content (AvgIpc) is 2.49. The molecule has 1 fully saturated rings. The Labute approximate surface area is 163 Å². The normalized spacial score (nSPS) is 17.6. The minimum Gasteiger partial charge on any atom is -0.379 e. The maximum absolute atomic E-state index is 11.9. The van der Waals surface area contributed by atoms with Crippen molar-refractivity contribution in [1.29, 1.82) is 0 Å². The minimum atomic E-state index is -0.233. The Hall–Kier alpha value is -0.610. The van der Waals surface area contributed by atoms with E-state index in [-0.39, 0.29) is 42.0 Å². The van der Waals surface area contributed by atoms with Gasteiger partial charge in [0.1, 0.15) is 6.54 Å². The van der Waals surface area contributed by atoms with Gasteiger partial charge in [-0.2, -0.15) is 0 Å². The van der Waals surface area contributed by atoms with Gasteiger partial charge < -0.3 is 20.7 Å². The Morgan fingerprint density at radius 2 is 1.88 bits per heavy atom. The van der Waals surface area contributed by atoms with Crippen LogP contribution in [0.1, 0.15) is 34.6 Å². The van der Waals surface area contributed by atoms with E-state index in [2.05, 4.69) is 32.8 Å². The quantitative estimate of drug-likeness (QED) is 0.314. The van der Waals surface area contributed by atoms with Crippen LogP contribution in [0.25, 0.3) is 0 Å². The third-order valence-electron chi connectivity index (χ3n) is 3.47. The fraction of sp³-hybridized carbons (Fsp3) is 0.875. The summed E-state index contributed by atoms with van der Waals surface area (Å²) in [6.45, 7) is 15.3. The number of aliphatic imine (C=N–C) groups is 1. The van der Waals surface area contributed by atoms with Crippen molar-refractivity contribution in [1.82, 2.24) is 20.9 Å². The number of nitrogens with one attached hydrogen (secondary N) is 3. The van der Waals surface area contributed by atoms with Crippen LogP contribution >= 0.6 is 24.0 Å². The first-order chi connectivity index (χ1) is 10.8. The van der Waals surface area contributed by atoms with Crippen molar-refractivity contribution < 1.29 is 9.53 Å². The third-order valence-corrected chi connectivity index (χ3v) is 3.47. The van der Waals surface area contributed by atoms with E-state index in [0.717, 1.165) is 39.4 Å². The molecule has 1 amide bonds. The van der Waals surface area contributed by atoms with Crippen LogP contribution in [0.2, 0.25) is 0 Å². The van der Waals surface area contributed by atoms with Gasteiger partial charge in [-0.25, -0.2) is 4.99 Å². The first-order valence-electron chi connectivity index (χ1n) is 8.47. The van der Waals surface area contributed by atoms with Crippen molar-refractivity contribution in [3.63, 3.8) is 0 Å². The number of hydrogen-bond acceptors (Lipinski definition) is 4. The fourth-order valence-corrected chi connectivity index (χ4v) is 2.34. The maximum Gasteiger partial charge on any atom is 0.242 e. The van der Waals surface area contributed by atoms with Gasteiger partial charge in [0.2, 0.25) is 5.91 Å². The number of ether oxygens (including phenoxy) is 1. The SMILES string of the molecule is CCNC(=NCC(=O)NC(C)(C)C)NCC(C)N1CCOCC1.I. The van der Waals surface area contributed by atoms with Gasteiger partial charge in [-0.05, 0) is 34.6 Å². The largest absolute Gasteiger partial charge is 0.379 e. The van der Waals surface area contributed by atoms with Gasteiger partial charge in [-0.15, -0.1) is 24.0 Å². The Balaban J connectivity index is 0.00000529. The number of carbonyl (C=O) groups is 1. The van der Waals surface area contributed by atoms with E-state index in [1.54, 1.807) is 0 Å². The lowest BCUT2D eigenvalue weighted by atomic mass is 10.1. The lowest BCUT2D eigenvalue weighted by Crippen LogP contribution is -2.49. The molecule has 1 aliphatic heterocycles. The lowest BCUT2D eigenvalue weighted by molar-refractivity contribution is -0.121. The van der Waals surface area contributed by atoms with E-state index >= 15 is 0 Å². The molecule has 1 atom stereocenters. The lowest BCUT2D eigenvalue weighted by Gasteiger charge is -2.32. The van der Waals surface area contributed by atoms with Gasteiger partial charge in [-0.1, -0.05) is 0 Å². The molecule has 0 aliphatic carbocycles. The van der Waals surface area contributed by atoms with Crippen molar-refractivity contribution >= 4 is 35.8 Å². The van der Waals surface area contributed by atoms with Gasteiger partial charge in [0, 0.05) is 37.8 Å². The molecule has 3 N–H and O–H groups in total. The smallest absolute Gasteiger partial charge is 0.242 e. The molecular weight excluding hydrogens is 421 g/mol. The molecule has 7 nitrogen and oxygen atoms in total. The standard InChI is InChI=1S/C16H33N5O2.HI/c1-6-17-15(19-12-14(22)20-16(3,4)5)18-11-13(2)21-7-9-23-10-8-21;/h13H,6-12H2,1-5H3,(H,20,22)(H2,17,18,19);1H. The van der Waals surface area contributed by atoms with Gasteiger partial charge in [0.25, 0.3) is 0 Å². The Morgan fingerprint density at radius 1 is 1.25 bits per heavy atom. The zero-order valence-electron chi connectivity index (χ0n) is 15.6. The summed E-state index contributed by atoms with van der Waals surface area (Å²) in [5.74, 6) is 0.604. The first-order valence-corrected chi connectivity index (χ1v) is 8.47. The summed E-state index contributed by atoms with van der Waals surface area (Å²) < 4.78 is 5.38. The second-order valence-electron chi connectivity index (χ2n) is 6.87. The minimum absolute atomic E-state index is 0. The number of halogens is 1. The second-order valence-corrected chi connectivity index (χ2v) is 6.87. The Morgan fingerprint density at radius 3 is 2.42 bits per heavy atom. The van der Waals surface area contributed by atoms with Crippen LogP contribution in [0.5, 0.6) is 0 Å². The van der Waals surface area contributed by atoms with Crippen LogP contribution in [0.15, 0.2) is 4.99 Å². The van der Waals surface area contributed by atoms with Crippen LogP contribution < -0.4 is 16.0 Å². The number of carbonyl (C=O) groups excluding carboxylic acids is 1. The van der Waals surface area contributed by atoms with Crippen LogP contribution in [-0.2, 0) is 9.53 Å². The molecular formula is C16H34IN5O2. The van der Waals surface area contributed by atoms with E-state index in [9.17, 15) is 4.79 Å². The molecule has 1 unspecified atom stereocenters. The molecule has 24 heavy (non-hydrogen) atoms.